The first-order chi connectivity index (χ1) is 10.0. The molecule has 0 aliphatic carbocycles. The number of esters is 1. The van der Waals surface area contributed by atoms with Gasteiger partial charge in [0.15, 0.2) is 11.8 Å². The average Bonchev–Trinajstić information content (AvgIpc) is 2.89. The van der Waals surface area contributed by atoms with Gasteiger partial charge in [0.25, 0.3) is 5.91 Å². The Morgan fingerprint density at radius 3 is 2.57 bits per heavy atom. The quantitative estimate of drug-likeness (QED) is 0.869. The Hall–Kier alpha value is -2.63. The summed E-state index contributed by atoms with van der Waals surface area (Å²) in [6, 6.07) is 9.22. The average molecular weight is 288 g/mol. The van der Waals surface area contributed by atoms with Crippen molar-refractivity contribution in [2.24, 2.45) is 0 Å². The third-order valence-electron chi connectivity index (χ3n) is 2.91. The number of aryl methyl sites for hydroxylation is 1. The summed E-state index contributed by atoms with van der Waals surface area (Å²) in [5.74, 6) is -0.377. The van der Waals surface area contributed by atoms with Gasteiger partial charge in [0.2, 0.25) is 5.89 Å². The van der Waals surface area contributed by atoms with Crippen molar-refractivity contribution in [2.75, 3.05) is 7.05 Å². The third-order valence-corrected chi connectivity index (χ3v) is 2.91. The van der Waals surface area contributed by atoms with Crippen LogP contribution in [0, 0.1) is 6.92 Å². The van der Waals surface area contributed by atoms with E-state index in [2.05, 4.69) is 10.3 Å². The number of hydrogen-bond acceptors (Lipinski definition) is 5. The van der Waals surface area contributed by atoms with Crippen LogP contribution < -0.4 is 5.32 Å². The van der Waals surface area contributed by atoms with Crippen LogP contribution in [-0.4, -0.2) is 30.0 Å². The SMILES string of the molecule is CNC(=O)[C@H](C)OC(=O)c1nc(-c2ccccc2)oc1C. The van der Waals surface area contributed by atoms with Crippen molar-refractivity contribution < 1.29 is 18.7 Å². The zero-order chi connectivity index (χ0) is 15.4. The van der Waals surface area contributed by atoms with Gasteiger partial charge in [-0.25, -0.2) is 9.78 Å². The van der Waals surface area contributed by atoms with E-state index in [1.165, 1.54) is 14.0 Å². The lowest BCUT2D eigenvalue weighted by molar-refractivity contribution is -0.128. The molecular formula is C15H16N2O4. The number of hydrogen-bond donors (Lipinski definition) is 1. The number of carbonyl (C=O) groups excluding carboxylic acids is 2. The summed E-state index contributed by atoms with van der Waals surface area (Å²) in [7, 11) is 1.47. The normalized spacial score (nSPS) is 11.8. The van der Waals surface area contributed by atoms with Crippen molar-refractivity contribution in [3.8, 4) is 11.5 Å². The Kier molecular flexibility index (Phi) is 4.37. The van der Waals surface area contributed by atoms with Gasteiger partial charge in [0, 0.05) is 12.6 Å². The molecule has 1 atom stereocenters. The van der Waals surface area contributed by atoms with Crippen molar-refractivity contribution >= 4 is 11.9 Å². The molecule has 0 fully saturated rings. The molecule has 0 saturated heterocycles. The summed E-state index contributed by atoms with van der Waals surface area (Å²) < 4.78 is 10.5. The number of amides is 1. The Morgan fingerprint density at radius 1 is 1.29 bits per heavy atom. The third kappa shape index (κ3) is 3.28. The van der Waals surface area contributed by atoms with Gasteiger partial charge >= 0.3 is 5.97 Å². The molecule has 0 spiro atoms. The lowest BCUT2D eigenvalue weighted by Gasteiger charge is -2.10. The van der Waals surface area contributed by atoms with Crippen LogP contribution in [0.3, 0.4) is 0 Å². The molecule has 0 aliphatic heterocycles. The molecule has 0 saturated carbocycles. The van der Waals surface area contributed by atoms with E-state index in [1.807, 2.05) is 30.3 Å². The maximum atomic E-state index is 12.0. The molecule has 0 aliphatic rings. The van der Waals surface area contributed by atoms with E-state index >= 15 is 0 Å². The van der Waals surface area contributed by atoms with Gasteiger partial charge in [-0.15, -0.1) is 0 Å². The maximum Gasteiger partial charge on any atom is 0.361 e. The smallest absolute Gasteiger partial charge is 0.361 e. The van der Waals surface area contributed by atoms with Gasteiger partial charge in [0.1, 0.15) is 5.76 Å². The zero-order valence-electron chi connectivity index (χ0n) is 12.0. The first-order valence-corrected chi connectivity index (χ1v) is 6.48. The Labute approximate surface area is 122 Å². The van der Waals surface area contributed by atoms with Crippen molar-refractivity contribution in [1.29, 1.82) is 0 Å². The lowest BCUT2D eigenvalue weighted by atomic mass is 10.2. The van der Waals surface area contributed by atoms with Crippen molar-refractivity contribution in [2.45, 2.75) is 20.0 Å². The zero-order valence-corrected chi connectivity index (χ0v) is 12.0. The molecule has 1 amide bonds. The summed E-state index contributed by atoms with van der Waals surface area (Å²) in [6.45, 7) is 3.12. The van der Waals surface area contributed by atoms with E-state index in [-0.39, 0.29) is 11.6 Å². The molecule has 110 valence electrons. The standard InChI is InChI=1S/C15H16N2O4/c1-9-12(15(19)21-10(2)13(18)16-3)17-14(20-9)11-7-5-4-6-8-11/h4-8,10H,1-3H3,(H,16,18)/t10-/m0/s1. The topological polar surface area (TPSA) is 81.4 Å². The minimum Gasteiger partial charge on any atom is -0.448 e. The molecule has 6 heteroatoms. The predicted molar refractivity (Wildman–Crippen MR) is 75.6 cm³/mol. The van der Waals surface area contributed by atoms with Crippen LogP contribution >= 0.6 is 0 Å². The molecule has 1 aromatic heterocycles. The molecule has 0 bridgehead atoms. The van der Waals surface area contributed by atoms with Crippen molar-refractivity contribution in [1.82, 2.24) is 10.3 Å². The Bertz CT molecular complexity index is 649. The first-order valence-electron chi connectivity index (χ1n) is 6.48. The van der Waals surface area contributed by atoms with Crippen LogP contribution in [0.5, 0.6) is 0 Å². The van der Waals surface area contributed by atoms with Crippen LogP contribution in [-0.2, 0) is 9.53 Å². The molecule has 1 heterocycles. The second-order valence-corrected chi connectivity index (χ2v) is 4.45. The lowest BCUT2D eigenvalue weighted by Crippen LogP contribution is -2.33. The maximum absolute atomic E-state index is 12.0. The van der Waals surface area contributed by atoms with Crippen LogP contribution in [0.15, 0.2) is 34.7 Å². The van der Waals surface area contributed by atoms with E-state index < -0.39 is 12.1 Å². The monoisotopic (exact) mass is 288 g/mol. The molecule has 2 rings (SSSR count). The van der Waals surface area contributed by atoms with Crippen LogP contribution in [0.25, 0.3) is 11.5 Å². The molecule has 0 radical (unpaired) electrons. The number of rotatable bonds is 4. The van der Waals surface area contributed by atoms with Gasteiger partial charge in [-0.3, -0.25) is 4.79 Å². The van der Waals surface area contributed by atoms with Gasteiger partial charge in [0.05, 0.1) is 0 Å². The summed E-state index contributed by atoms with van der Waals surface area (Å²) in [6.07, 6.45) is -0.890. The Morgan fingerprint density at radius 2 is 1.95 bits per heavy atom. The van der Waals surface area contributed by atoms with Crippen molar-refractivity contribution in [3.05, 3.63) is 41.8 Å². The molecule has 2 aromatic rings. The minimum absolute atomic E-state index is 0.0737. The van der Waals surface area contributed by atoms with Gasteiger partial charge in [-0.2, -0.15) is 0 Å². The second kappa shape index (κ2) is 6.21. The predicted octanol–water partition coefficient (Wildman–Crippen LogP) is 1.94. The molecule has 1 aromatic carbocycles. The summed E-state index contributed by atoms with van der Waals surface area (Å²) in [5, 5.41) is 2.41. The van der Waals surface area contributed by atoms with E-state index in [0.717, 1.165) is 5.56 Å². The van der Waals surface area contributed by atoms with E-state index in [1.54, 1.807) is 6.92 Å². The van der Waals surface area contributed by atoms with E-state index in [4.69, 9.17) is 9.15 Å². The van der Waals surface area contributed by atoms with E-state index in [0.29, 0.717) is 11.7 Å². The molecule has 6 nitrogen and oxygen atoms in total. The number of nitrogens with one attached hydrogen (secondary N) is 1. The fourth-order valence-corrected chi connectivity index (χ4v) is 1.76. The van der Waals surface area contributed by atoms with E-state index in [9.17, 15) is 9.59 Å². The molecular weight excluding hydrogens is 272 g/mol. The number of carbonyl (C=O) groups is 2. The molecule has 1 N–H and O–H groups in total. The highest BCUT2D eigenvalue weighted by molar-refractivity contribution is 5.91. The number of aromatic nitrogens is 1. The van der Waals surface area contributed by atoms with Gasteiger partial charge in [-0.1, -0.05) is 18.2 Å². The second-order valence-electron chi connectivity index (χ2n) is 4.45. The largest absolute Gasteiger partial charge is 0.448 e. The number of ether oxygens (including phenoxy) is 1. The van der Waals surface area contributed by atoms with Crippen LogP contribution in [0.1, 0.15) is 23.2 Å². The van der Waals surface area contributed by atoms with Crippen molar-refractivity contribution in [3.63, 3.8) is 0 Å². The number of oxazole rings is 1. The number of likely N-dealkylation sites (N-methyl/N-ethyl adjacent to an activating group) is 1. The summed E-state index contributed by atoms with van der Waals surface area (Å²) >= 11 is 0. The Balaban J connectivity index is 2.19. The van der Waals surface area contributed by atoms with Gasteiger partial charge in [-0.05, 0) is 26.0 Å². The summed E-state index contributed by atoms with van der Waals surface area (Å²) in [5.41, 5.74) is 0.837. The first kappa shape index (κ1) is 14.8. The highest BCUT2D eigenvalue weighted by Gasteiger charge is 2.23. The summed E-state index contributed by atoms with van der Waals surface area (Å²) in [4.78, 5) is 27.5. The highest BCUT2D eigenvalue weighted by atomic mass is 16.5. The molecule has 21 heavy (non-hydrogen) atoms. The highest BCUT2D eigenvalue weighted by Crippen LogP contribution is 2.22. The number of benzene rings is 1. The number of nitrogens with zero attached hydrogens (tertiary/aromatic N) is 1. The van der Waals surface area contributed by atoms with Crippen LogP contribution in [0.2, 0.25) is 0 Å². The fraction of sp³-hybridized carbons (Fsp3) is 0.267. The van der Waals surface area contributed by atoms with Gasteiger partial charge < -0.3 is 14.5 Å². The minimum atomic E-state index is -0.890. The molecule has 0 unspecified atom stereocenters. The van der Waals surface area contributed by atoms with Crippen LogP contribution in [0.4, 0.5) is 0 Å². The fourth-order valence-electron chi connectivity index (χ4n) is 1.76.